The second-order valence-corrected chi connectivity index (χ2v) is 3.83. The number of halogens is 1. The first-order chi connectivity index (χ1) is 8.52. The van der Waals surface area contributed by atoms with Crippen LogP contribution in [0.15, 0.2) is 6.33 Å². The second-order valence-electron chi connectivity index (χ2n) is 3.47. The predicted molar refractivity (Wildman–Crippen MR) is 65.2 cm³/mol. The molecule has 0 radical (unpaired) electrons. The molecule has 18 heavy (non-hydrogen) atoms. The quantitative estimate of drug-likeness (QED) is 0.332. The lowest BCUT2D eigenvalue weighted by Gasteiger charge is -2.05. The number of nitrogens with zero attached hydrogens (tertiary/aromatic N) is 3. The summed E-state index contributed by atoms with van der Waals surface area (Å²) in [5.74, 6) is -0.301. The Labute approximate surface area is 108 Å². The van der Waals surface area contributed by atoms with Gasteiger partial charge in [-0.25, -0.2) is 9.97 Å². The molecule has 0 saturated heterocycles. The molecule has 0 unspecified atom stereocenters. The summed E-state index contributed by atoms with van der Waals surface area (Å²) in [6.45, 7) is 0.432. The number of rotatable bonds is 7. The maximum atomic E-state index is 10.8. The van der Waals surface area contributed by atoms with E-state index in [1.54, 1.807) is 0 Å². The van der Waals surface area contributed by atoms with Crippen LogP contribution >= 0.6 is 11.6 Å². The smallest absolute Gasteiger partial charge is 0.348 e. The van der Waals surface area contributed by atoms with E-state index in [0.717, 1.165) is 6.33 Å². The number of aromatic nitrogens is 2. The van der Waals surface area contributed by atoms with Gasteiger partial charge in [0.05, 0.1) is 4.92 Å². The van der Waals surface area contributed by atoms with Crippen LogP contribution in [-0.4, -0.2) is 27.3 Å². The van der Waals surface area contributed by atoms with Crippen LogP contribution in [0, 0.1) is 10.1 Å². The summed E-state index contributed by atoms with van der Waals surface area (Å²) >= 11 is 5.61. The van der Waals surface area contributed by atoms with Crippen LogP contribution in [0.5, 0.6) is 0 Å². The molecule has 9 heteroatoms. The van der Waals surface area contributed by atoms with Crippen LogP contribution in [0.3, 0.4) is 0 Å². The summed E-state index contributed by atoms with van der Waals surface area (Å²) < 4.78 is 0. The predicted octanol–water partition coefficient (Wildman–Crippen LogP) is 1.11. The third-order valence-electron chi connectivity index (χ3n) is 2.10. The summed E-state index contributed by atoms with van der Waals surface area (Å²) in [6, 6.07) is 0. The number of nitrogens with one attached hydrogen (secondary N) is 1. The van der Waals surface area contributed by atoms with Crippen molar-refractivity contribution in [3.63, 3.8) is 0 Å². The largest absolute Gasteiger partial charge is 0.370 e. The second kappa shape index (κ2) is 6.70. The first-order valence-corrected chi connectivity index (χ1v) is 5.57. The molecule has 98 valence electrons. The molecule has 1 aromatic rings. The standard InChI is InChI=1S/C9H12ClN5O3/c10-8-7(15(17)18)9(14-5-13-8)12-4-2-1-3-6(11)16/h5H,1-4H2,(H2,11,16)(H,12,13,14). The zero-order valence-corrected chi connectivity index (χ0v) is 10.2. The molecule has 1 aromatic heterocycles. The van der Waals surface area contributed by atoms with Crippen molar-refractivity contribution >= 4 is 29.0 Å². The molecule has 0 fully saturated rings. The van der Waals surface area contributed by atoms with Gasteiger partial charge < -0.3 is 11.1 Å². The average Bonchev–Trinajstić information content (AvgIpc) is 2.27. The number of primary amides is 1. The van der Waals surface area contributed by atoms with E-state index < -0.39 is 4.92 Å². The van der Waals surface area contributed by atoms with Crippen molar-refractivity contribution in [3.8, 4) is 0 Å². The number of nitrogens with two attached hydrogens (primary N) is 1. The van der Waals surface area contributed by atoms with Crippen molar-refractivity contribution in [2.24, 2.45) is 5.73 Å². The highest BCUT2D eigenvalue weighted by Gasteiger charge is 2.20. The molecular formula is C9H12ClN5O3. The lowest BCUT2D eigenvalue weighted by molar-refractivity contribution is -0.384. The first kappa shape index (κ1) is 14.1. The lowest BCUT2D eigenvalue weighted by Crippen LogP contribution is -2.11. The van der Waals surface area contributed by atoms with Gasteiger partial charge in [0.25, 0.3) is 0 Å². The molecule has 3 N–H and O–H groups in total. The topological polar surface area (TPSA) is 124 Å². The van der Waals surface area contributed by atoms with Gasteiger partial charge in [0, 0.05) is 13.0 Å². The van der Waals surface area contributed by atoms with E-state index in [-0.39, 0.29) is 29.0 Å². The number of amides is 1. The Morgan fingerprint density at radius 1 is 1.50 bits per heavy atom. The van der Waals surface area contributed by atoms with Crippen LogP contribution < -0.4 is 11.1 Å². The summed E-state index contributed by atoms with van der Waals surface area (Å²) in [5, 5.41) is 13.3. The minimum atomic E-state index is -0.645. The fourth-order valence-corrected chi connectivity index (χ4v) is 1.48. The number of carbonyl (C=O) groups excluding carboxylic acids is 1. The minimum Gasteiger partial charge on any atom is -0.370 e. The van der Waals surface area contributed by atoms with Gasteiger partial charge in [-0.15, -0.1) is 0 Å². The molecule has 0 aliphatic heterocycles. The van der Waals surface area contributed by atoms with E-state index in [1.165, 1.54) is 0 Å². The average molecular weight is 274 g/mol. The number of unbranched alkanes of at least 4 members (excludes halogenated alkanes) is 1. The molecule has 1 heterocycles. The molecule has 0 atom stereocenters. The van der Waals surface area contributed by atoms with E-state index in [4.69, 9.17) is 17.3 Å². The fourth-order valence-electron chi connectivity index (χ4n) is 1.28. The Morgan fingerprint density at radius 3 is 2.83 bits per heavy atom. The van der Waals surface area contributed by atoms with Crippen molar-refractivity contribution in [2.45, 2.75) is 19.3 Å². The summed E-state index contributed by atoms with van der Waals surface area (Å²) in [6.07, 6.45) is 2.67. The van der Waals surface area contributed by atoms with Crippen molar-refractivity contribution in [1.82, 2.24) is 9.97 Å². The maximum absolute atomic E-state index is 10.8. The zero-order chi connectivity index (χ0) is 13.5. The van der Waals surface area contributed by atoms with E-state index in [1.807, 2.05) is 0 Å². The van der Waals surface area contributed by atoms with Gasteiger partial charge >= 0.3 is 5.69 Å². The molecule has 0 spiro atoms. The van der Waals surface area contributed by atoms with E-state index in [0.29, 0.717) is 19.4 Å². The monoisotopic (exact) mass is 273 g/mol. The zero-order valence-electron chi connectivity index (χ0n) is 9.43. The van der Waals surface area contributed by atoms with Gasteiger partial charge in [-0.1, -0.05) is 11.6 Å². The number of nitro groups is 1. The Hall–Kier alpha value is -1.96. The van der Waals surface area contributed by atoms with Gasteiger partial charge in [-0.3, -0.25) is 14.9 Å². The number of hydrogen-bond acceptors (Lipinski definition) is 6. The van der Waals surface area contributed by atoms with Crippen molar-refractivity contribution in [1.29, 1.82) is 0 Å². The summed E-state index contributed by atoms with van der Waals surface area (Å²) in [4.78, 5) is 27.9. The fraction of sp³-hybridized carbons (Fsp3) is 0.444. The number of carbonyl (C=O) groups is 1. The highest BCUT2D eigenvalue weighted by molar-refractivity contribution is 6.31. The van der Waals surface area contributed by atoms with Crippen LogP contribution in [0.4, 0.5) is 11.5 Å². The van der Waals surface area contributed by atoms with Gasteiger partial charge in [0.2, 0.25) is 16.9 Å². The van der Waals surface area contributed by atoms with Crippen molar-refractivity contribution < 1.29 is 9.72 Å². The molecule has 0 bridgehead atoms. The molecule has 0 aromatic carbocycles. The molecular weight excluding hydrogens is 262 g/mol. The highest BCUT2D eigenvalue weighted by Crippen LogP contribution is 2.28. The molecule has 1 amide bonds. The Bertz CT molecular complexity index is 454. The lowest BCUT2D eigenvalue weighted by atomic mass is 10.2. The van der Waals surface area contributed by atoms with E-state index in [9.17, 15) is 14.9 Å². The Morgan fingerprint density at radius 2 is 2.22 bits per heavy atom. The van der Waals surface area contributed by atoms with Gasteiger partial charge in [-0.05, 0) is 12.8 Å². The van der Waals surface area contributed by atoms with Gasteiger partial charge in [0.15, 0.2) is 0 Å². The molecule has 0 aliphatic rings. The third kappa shape index (κ3) is 4.13. The molecule has 0 saturated carbocycles. The van der Waals surface area contributed by atoms with Crippen LogP contribution in [-0.2, 0) is 4.79 Å². The van der Waals surface area contributed by atoms with Crippen molar-refractivity contribution in [2.75, 3.05) is 11.9 Å². The Kier molecular flexibility index (Phi) is 5.25. The number of anilines is 1. The summed E-state index contributed by atoms with van der Waals surface area (Å²) in [7, 11) is 0. The van der Waals surface area contributed by atoms with E-state index >= 15 is 0 Å². The first-order valence-electron chi connectivity index (χ1n) is 5.19. The number of hydrogen-bond donors (Lipinski definition) is 2. The highest BCUT2D eigenvalue weighted by atomic mass is 35.5. The third-order valence-corrected chi connectivity index (χ3v) is 2.38. The minimum absolute atomic E-state index is 0.0686. The van der Waals surface area contributed by atoms with Crippen molar-refractivity contribution in [3.05, 3.63) is 21.6 Å². The molecule has 1 rings (SSSR count). The van der Waals surface area contributed by atoms with Crippen LogP contribution in [0.1, 0.15) is 19.3 Å². The Balaban J connectivity index is 2.54. The maximum Gasteiger partial charge on any atom is 0.348 e. The van der Waals surface area contributed by atoms with E-state index in [2.05, 4.69) is 15.3 Å². The van der Waals surface area contributed by atoms with Crippen LogP contribution in [0.25, 0.3) is 0 Å². The summed E-state index contributed by atoms with van der Waals surface area (Å²) in [5.41, 5.74) is 4.63. The SMILES string of the molecule is NC(=O)CCCCNc1ncnc(Cl)c1[N+](=O)[O-]. The van der Waals surface area contributed by atoms with Crippen LogP contribution in [0.2, 0.25) is 5.15 Å². The van der Waals surface area contributed by atoms with Gasteiger partial charge in [-0.2, -0.15) is 0 Å². The molecule has 8 nitrogen and oxygen atoms in total. The normalized spacial score (nSPS) is 10.1. The van der Waals surface area contributed by atoms with Gasteiger partial charge in [0.1, 0.15) is 6.33 Å². The molecule has 0 aliphatic carbocycles.